The van der Waals surface area contributed by atoms with Crippen LogP contribution in [0.3, 0.4) is 0 Å². The van der Waals surface area contributed by atoms with E-state index >= 15 is 0 Å². The quantitative estimate of drug-likeness (QED) is 0.556. The van der Waals surface area contributed by atoms with Crippen molar-refractivity contribution in [1.29, 1.82) is 0 Å². The standard InChI is InChI=1S/C12H24N2O3.C2H4O2/c1-7(2)5-9(13)11(15)14-10(12(16)17)6-8(3)4;1-2(3)4/h7-10H,5-6,13H2,1-4H3,(H,14,15)(H,16,17);1H3,(H,3,4)/t9-,10-;/m0./s1. The smallest absolute Gasteiger partial charge is 0.326 e. The zero-order chi connectivity index (χ0) is 17.2. The molecule has 0 spiro atoms. The third-order valence-corrected chi connectivity index (χ3v) is 2.38. The van der Waals surface area contributed by atoms with Crippen molar-refractivity contribution in [3.8, 4) is 0 Å². The number of carboxylic acids is 2. The summed E-state index contributed by atoms with van der Waals surface area (Å²) in [5.41, 5.74) is 5.69. The summed E-state index contributed by atoms with van der Waals surface area (Å²) in [7, 11) is 0. The van der Waals surface area contributed by atoms with Crippen molar-refractivity contribution in [2.75, 3.05) is 0 Å². The van der Waals surface area contributed by atoms with Gasteiger partial charge < -0.3 is 21.3 Å². The highest BCUT2D eigenvalue weighted by atomic mass is 16.4. The monoisotopic (exact) mass is 304 g/mol. The van der Waals surface area contributed by atoms with E-state index in [4.69, 9.17) is 20.7 Å². The van der Waals surface area contributed by atoms with E-state index in [0.717, 1.165) is 6.92 Å². The van der Waals surface area contributed by atoms with Crippen molar-refractivity contribution < 1.29 is 24.6 Å². The lowest BCUT2D eigenvalue weighted by Gasteiger charge is -2.20. The summed E-state index contributed by atoms with van der Waals surface area (Å²) in [4.78, 5) is 31.6. The second-order valence-corrected chi connectivity index (χ2v) is 5.78. The van der Waals surface area contributed by atoms with Gasteiger partial charge in [0.2, 0.25) is 5.91 Å². The Balaban J connectivity index is 0. The predicted molar refractivity (Wildman–Crippen MR) is 79.8 cm³/mol. The third kappa shape index (κ3) is 14.6. The highest BCUT2D eigenvalue weighted by Crippen LogP contribution is 2.07. The Morgan fingerprint density at radius 3 is 1.67 bits per heavy atom. The predicted octanol–water partition coefficient (Wildman–Crippen LogP) is 1.07. The van der Waals surface area contributed by atoms with Gasteiger partial charge in [-0.05, 0) is 24.7 Å². The lowest BCUT2D eigenvalue weighted by Crippen LogP contribution is -2.49. The Labute approximate surface area is 125 Å². The fourth-order valence-corrected chi connectivity index (χ4v) is 1.59. The van der Waals surface area contributed by atoms with Crippen LogP contribution < -0.4 is 11.1 Å². The Hall–Kier alpha value is -1.63. The van der Waals surface area contributed by atoms with Gasteiger partial charge in [-0.3, -0.25) is 9.59 Å². The molecule has 0 saturated heterocycles. The number of rotatable bonds is 7. The first-order valence-corrected chi connectivity index (χ1v) is 6.95. The zero-order valence-electron chi connectivity index (χ0n) is 13.4. The first-order valence-electron chi connectivity index (χ1n) is 6.95. The maximum Gasteiger partial charge on any atom is 0.326 e. The fourth-order valence-electron chi connectivity index (χ4n) is 1.59. The van der Waals surface area contributed by atoms with Crippen LogP contribution in [0, 0.1) is 11.8 Å². The molecule has 7 nitrogen and oxygen atoms in total. The van der Waals surface area contributed by atoms with Gasteiger partial charge in [0.05, 0.1) is 6.04 Å². The number of carboxylic acid groups (broad SMARTS) is 2. The molecule has 0 aromatic rings. The van der Waals surface area contributed by atoms with Crippen LogP contribution in [0.15, 0.2) is 0 Å². The van der Waals surface area contributed by atoms with E-state index in [0.29, 0.717) is 18.8 Å². The van der Waals surface area contributed by atoms with Gasteiger partial charge in [0.25, 0.3) is 5.97 Å². The maximum atomic E-state index is 11.7. The Bertz CT molecular complexity index is 338. The molecule has 0 unspecified atom stereocenters. The molecule has 1 amide bonds. The number of hydrogen-bond acceptors (Lipinski definition) is 4. The number of hydrogen-bond donors (Lipinski definition) is 4. The minimum absolute atomic E-state index is 0.206. The molecule has 0 aliphatic carbocycles. The van der Waals surface area contributed by atoms with E-state index in [-0.39, 0.29) is 11.8 Å². The highest BCUT2D eigenvalue weighted by Gasteiger charge is 2.24. The Morgan fingerprint density at radius 1 is 1.00 bits per heavy atom. The van der Waals surface area contributed by atoms with Gasteiger partial charge in [0.1, 0.15) is 6.04 Å². The number of carbonyl (C=O) groups excluding carboxylic acids is 1. The molecule has 0 aromatic carbocycles. The summed E-state index contributed by atoms with van der Waals surface area (Å²) in [5.74, 6) is -1.71. The van der Waals surface area contributed by atoms with Crippen LogP contribution >= 0.6 is 0 Å². The first-order chi connectivity index (χ1) is 9.47. The van der Waals surface area contributed by atoms with Crippen LogP contribution in [0.1, 0.15) is 47.5 Å². The highest BCUT2D eigenvalue weighted by molar-refractivity contribution is 5.86. The molecule has 0 aliphatic heterocycles. The molecule has 21 heavy (non-hydrogen) atoms. The number of amides is 1. The summed E-state index contributed by atoms with van der Waals surface area (Å²) in [6.07, 6.45) is 0.968. The molecule has 0 saturated carbocycles. The van der Waals surface area contributed by atoms with Gasteiger partial charge in [-0.15, -0.1) is 0 Å². The van der Waals surface area contributed by atoms with E-state index in [9.17, 15) is 9.59 Å². The lowest BCUT2D eigenvalue weighted by molar-refractivity contribution is -0.142. The fraction of sp³-hybridized carbons (Fsp3) is 0.786. The number of carbonyl (C=O) groups is 3. The molecule has 0 bridgehead atoms. The van der Waals surface area contributed by atoms with Crippen LogP contribution in [0.5, 0.6) is 0 Å². The first kappa shape index (κ1) is 21.7. The van der Waals surface area contributed by atoms with Crippen LogP contribution in [-0.2, 0) is 14.4 Å². The van der Waals surface area contributed by atoms with Gasteiger partial charge in [-0.2, -0.15) is 0 Å². The van der Waals surface area contributed by atoms with Gasteiger partial charge in [-0.25, -0.2) is 4.79 Å². The number of nitrogens with one attached hydrogen (secondary N) is 1. The van der Waals surface area contributed by atoms with E-state index in [1.165, 1.54) is 0 Å². The average Bonchev–Trinajstić information content (AvgIpc) is 2.25. The SMILES string of the molecule is CC(=O)O.CC(C)C[C@H](NC(=O)[C@@H](N)CC(C)C)C(=O)O. The topological polar surface area (TPSA) is 130 Å². The summed E-state index contributed by atoms with van der Waals surface area (Å²) in [6.45, 7) is 8.85. The van der Waals surface area contributed by atoms with Gasteiger partial charge in [0.15, 0.2) is 0 Å². The summed E-state index contributed by atoms with van der Waals surface area (Å²) >= 11 is 0. The summed E-state index contributed by atoms with van der Waals surface area (Å²) in [6, 6.07) is -1.48. The summed E-state index contributed by atoms with van der Waals surface area (Å²) < 4.78 is 0. The van der Waals surface area contributed by atoms with Gasteiger partial charge in [0, 0.05) is 6.92 Å². The average molecular weight is 304 g/mol. The van der Waals surface area contributed by atoms with Crippen LogP contribution in [-0.4, -0.2) is 40.1 Å². The second-order valence-electron chi connectivity index (χ2n) is 5.78. The number of aliphatic carboxylic acids is 2. The molecule has 0 heterocycles. The molecule has 0 rings (SSSR count). The molecule has 0 radical (unpaired) electrons. The van der Waals surface area contributed by atoms with Crippen molar-refractivity contribution in [2.24, 2.45) is 17.6 Å². The maximum absolute atomic E-state index is 11.7. The minimum Gasteiger partial charge on any atom is -0.481 e. The summed E-state index contributed by atoms with van der Waals surface area (Å²) in [5, 5.41) is 18.9. The van der Waals surface area contributed by atoms with E-state index in [2.05, 4.69) is 5.32 Å². The minimum atomic E-state index is -1.01. The van der Waals surface area contributed by atoms with Gasteiger partial charge >= 0.3 is 5.97 Å². The van der Waals surface area contributed by atoms with Crippen molar-refractivity contribution in [2.45, 2.75) is 59.5 Å². The lowest BCUT2D eigenvalue weighted by atomic mass is 10.0. The van der Waals surface area contributed by atoms with Crippen molar-refractivity contribution in [1.82, 2.24) is 5.32 Å². The molecule has 124 valence electrons. The van der Waals surface area contributed by atoms with Crippen molar-refractivity contribution in [3.63, 3.8) is 0 Å². The largest absolute Gasteiger partial charge is 0.481 e. The normalized spacial score (nSPS) is 13.1. The van der Waals surface area contributed by atoms with Crippen LogP contribution in [0.2, 0.25) is 0 Å². The molecule has 5 N–H and O–H groups in total. The van der Waals surface area contributed by atoms with Gasteiger partial charge in [-0.1, -0.05) is 27.7 Å². The van der Waals surface area contributed by atoms with E-state index < -0.39 is 24.0 Å². The van der Waals surface area contributed by atoms with Crippen molar-refractivity contribution in [3.05, 3.63) is 0 Å². The van der Waals surface area contributed by atoms with Crippen molar-refractivity contribution >= 4 is 17.8 Å². The van der Waals surface area contributed by atoms with Crippen LogP contribution in [0.25, 0.3) is 0 Å². The zero-order valence-corrected chi connectivity index (χ0v) is 13.4. The van der Waals surface area contributed by atoms with Crippen LogP contribution in [0.4, 0.5) is 0 Å². The Morgan fingerprint density at radius 2 is 1.38 bits per heavy atom. The molecule has 7 heteroatoms. The van der Waals surface area contributed by atoms with E-state index in [1.54, 1.807) is 0 Å². The molecule has 2 atom stereocenters. The van der Waals surface area contributed by atoms with E-state index in [1.807, 2.05) is 27.7 Å². The molecular formula is C14H28N2O5. The molecule has 0 fully saturated rings. The molecule has 0 aliphatic rings. The Kier molecular flexibility index (Phi) is 11.4. The number of nitrogens with two attached hydrogens (primary N) is 1. The third-order valence-electron chi connectivity index (χ3n) is 2.38. The second kappa shape index (κ2) is 11.1. The molecular weight excluding hydrogens is 276 g/mol. The molecule has 0 aromatic heterocycles.